The number of halogens is 2. The largest absolute Gasteiger partial charge is 0.337 e. The van der Waals surface area contributed by atoms with Gasteiger partial charge in [0.2, 0.25) is 0 Å². The van der Waals surface area contributed by atoms with Crippen molar-refractivity contribution < 1.29 is 4.39 Å². The van der Waals surface area contributed by atoms with Crippen molar-refractivity contribution in [3.8, 4) is 0 Å². The summed E-state index contributed by atoms with van der Waals surface area (Å²) in [6.45, 7) is 2.87. The second-order valence-corrected chi connectivity index (χ2v) is 4.87. The molecule has 0 saturated carbocycles. The van der Waals surface area contributed by atoms with Crippen LogP contribution in [-0.4, -0.2) is 16.1 Å². The van der Waals surface area contributed by atoms with Crippen LogP contribution in [0.3, 0.4) is 0 Å². The standard InChI is InChI=1S/C14H17ClFN3/c1-3-17-13(14-18-6-7-19(14)2)9-10-4-5-11(15)12(16)8-10/h4-8,13,17H,3,9H2,1-2H3. The molecule has 2 aromatic rings. The summed E-state index contributed by atoms with van der Waals surface area (Å²) in [6, 6.07) is 4.98. The molecule has 1 N–H and O–H groups in total. The zero-order valence-electron chi connectivity index (χ0n) is 11.0. The van der Waals surface area contributed by atoms with E-state index in [1.165, 1.54) is 6.07 Å². The first-order valence-corrected chi connectivity index (χ1v) is 6.64. The fraction of sp³-hybridized carbons (Fsp3) is 0.357. The van der Waals surface area contributed by atoms with Crippen molar-refractivity contribution in [2.24, 2.45) is 7.05 Å². The molecule has 0 aliphatic rings. The van der Waals surface area contributed by atoms with Gasteiger partial charge in [0.1, 0.15) is 11.6 Å². The molecular formula is C14H17ClFN3. The zero-order chi connectivity index (χ0) is 13.8. The van der Waals surface area contributed by atoms with Crippen molar-refractivity contribution >= 4 is 11.6 Å². The van der Waals surface area contributed by atoms with E-state index >= 15 is 0 Å². The van der Waals surface area contributed by atoms with E-state index in [-0.39, 0.29) is 16.9 Å². The topological polar surface area (TPSA) is 29.9 Å². The van der Waals surface area contributed by atoms with Crippen molar-refractivity contribution in [1.29, 1.82) is 0 Å². The van der Waals surface area contributed by atoms with Crippen molar-refractivity contribution in [2.75, 3.05) is 6.54 Å². The van der Waals surface area contributed by atoms with Gasteiger partial charge in [-0.1, -0.05) is 24.6 Å². The van der Waals surface area contributed by atoms with Crippen LogP contribution in [0.5, 0.6) is 0 Å². The highest BCUT2D eigenvalue weighted by Gasteiger charge is 2.16. The van der Waals surface area contributed by atoms with E-state index in [4.69, 9.17) is 11.6 Å². The minimum atomic E-state index is -0.380. The lowest BCUT2D eigenvalue weighted by Crippen LogP contribution is -2.25. The number of aryl methyl sites for hydroxylation is 1. The maximum absolute atomic E-state index is 13.5. The van der Waals surface area contributed by atoms with Gasteiger partial charge in [0, 0.05) is 19.4 Å². The number of likely N-dealkylation sites (N-methyl/N-ethyl adjacent to an activating group) is 1. The first-order valence-electron chi connectivity index (χ1n) is 6.26. The van der Waals surface area contributed by atoms with Crippen LogP contribution in [0.15, 0.2) is 30.6 Å². The van der Waals surface area contributed by atoms with Gasteiger partial charge in [0.15, 0.2) is 0 Å². The molecule has 102 valence electrons. The summed E-state index contributed by atoms with van der Waals surface area (Å²) in [4.78, 5) is 4.35. The summed E-state index contributed by atoms with van der Waals surface area (Å²) in [5, 5.41) is 3.52. The Labute approximate surface area is 117 Å². The van der Waals surface area contributed by atoms with E-state index in [0.29, 0.717) is 6.42 Å². The van der Waals surface area contributed by atoms with Crippen LogP contribution in [0, 0.1) is 5.82 Å². The average molecular weight is 282 g/mol. The summed E-state index contributed by atoms with van der Waals surface area (Å²) >= 11 is 5.70. The molecule has 1 atom stereocenters. The van der Waals surface area contributed by atoms with Gasteiger partial charge in [0.05, 0.1) is 11.1 Å². The maximum atomic E-state index is 13.5. The Morgan fingerprint density at radius 1 is 1.47 bits per heavy atom. The van der Waals surface area contributed by atoms with Crippen molar-refractivity contribution in [3.63, 3.8) is 0 Å². The monoisotopic (exact) mass is 281 g/mol. The fourth-order valence-corrected chi connectivity index (χ4v) is 2.23. The summed E-state index contributed by atoms with van der Waals surface area (Å²) < 4.78 is 15.4. The summed E-state index contributed by atoms with van der Waals surface area (Å²) in [7, 11) is 1.95. The lowest BCUT2D eigenvalue weighted by molar-refractivity contribution is 0.505. The molecule has 0 spiro atoms. The number of rotatable bonds is 5. The van der Waals surface area contributed by atoms with E-state index < -0.39 is 0 Å². The van der Waals surface area contributed by atoms with E-state index in [1.807, 2.05) is 30.8 Å². The molecule has 0 aliphatic carbocycles. The summed E-state index contributed by atoms with van der Waals surface area (Å²) in [5.41, 5.74) is 0.899. The van der Waals surface area contributed by atoms with Crippen LogP contribution in [0.1, 0.15) is 24.4 Å². The molecule has 2 rings (SSSR count). The molecule has 0 aliphatic heterocycles. The van der Waals surface area contributed by atoms with E-state index in [0.717, 1.165) is 17.9 Å². The molecule has 0 saturated heterocycles. The molecule has 1 aromatic carbocycles. The van der Waals surface area contributed by atoms with Gasteiger partial charge < -0.3 is 9.88 Å². The van der Waals surface area contributed by atoms with Gasteiger partial charge in [-0.2, -0.15) is 0 Å². The zero-order valence-corrected chi connectivity index (χ0v) is 11.8. The van der Waals surface area contributed by atoms with E-state index in [2.05, 4.69) is 10.3 Å². The van der Waals surface area contributed by atoms with Gasteiger partial charge in [0.25, 0.3) is 0 Å². The van der Waals surface area contributed by atoms with Gasteiger partial charge in [-0.3, -0.25) is 0 Å². The van der Waals surface area contributed by atoms with Gasteiger partial charge >= 0.3 is 0 Å². The molecule has 1 unspecified atom stereocenters. The summed E-state index contributed by atoms with van der Waals surface area (Å²) in [5.74, 6) is 0.562. The molecular weight excluding hydrogens is 265 g/mol. The number of hydrogen-bond donors (Lipinski definition) is 1. The molecule has 1 heterocycles. The van der Waals surface area contributed by atoms with Crippen LogP contribution in [0.4, 0.5) is 4.39 Å². The average Bonchev–Trinajstić information content (AvgIpc) is 2.79. The Balaban J connectivity index is 2.21. The number of hydrogen-bond acceptors (Lipinski definition) is 2. The molecule has 1 aromatic heterocycles. The van der Waals surface area contributed by atoms with Gasteiger partial charge in [-0.25, -0.2) is 9.37 Å². The van der Waals surface area contributed by atoms with Gasteiger partial charge in [-0.05, 0) is 30.7 Å². The first-order chi connectivity index (χ1) is 9.11. The van der Waals surface area contributed by atoms with Crippen molar-refractivity contribution in [2.45, 2.75) is 19.4 Å². The molecule has 5 heteroatoms. The Morgan fingerprint density at radius 3 is 2.84 bits per heavy atom. The van der Waals surface area contributed by atoms with Crippen LogP contribution >= 0.6 is 11.6 Å². The summed E-state index contributed by atoms with van der Waals surface area (Å²) in [6.07, 6.45) is 4.34. The number of nitrogens with zero attached hydrogens (tertiary/aromatic N) is 2. The number of imidazole rings is 1. The highest BCUT2D eigenvalue weighted by molar-refractivity contribution is 6.30. The highest BCUT2D eigenvalue weighted by Crippen LogP contribution is 2.20. The molecule has 0 radical (unpaired) electrons. The van der Waals surface area contributed by atoms with Crippen LogP contribution < -0.4 is 5.32 Å². The predicted octanol–water partition coefficient (Wildman–Crippen LogP) is 3.11. The molecule has 0 amide bonds. The Kier molecular flexibility index (Phi) is 4.56. The minimum absolute atomic E-state index is 0.0607. The van der Waals surface area contributed by atoms with Crippen LogP contribution in [0.25, 0.3) is 0 Å². The lowest BCUT2D eigenvalue weighted by Gasteiger charge is -2.18. The molecule has 3 nitrogen and oxygen atoms in total. The SMILES string of the molecule is CCNC(Cc1ccc(Cl)c(F)c1)c1nccn1C. The molecule has 0 bridgehead atoms. The number of nitrogens with one attached hydrogen (secondary N) is 1. The van der Waals surface area contributed by atoms with Crippen LogP contribution in [0.2, 0.25) is 5.02 Å². The third-order valence-corrected chi connectivity index (χ3v) is 3.35. The fourth-order valence-electron chi connectivity index (χ4n) is 2.12. The molecule has 19 heavy (non-hydrogen) atoms. The Morgan fingerprint density at radius 2 is 2.26 bits per heavy atom. The van der Waals surface area contributed by atoms with Crippen molar-refractivity contribution in [3.05, 3.63) is 52.8 Å². The Bertz CT molecular complexity index is 553. The third-order valence-electron chi connectivity index (χ3n) is 3.04. The van der Waals surface area contributed by atoms with E-state index in [9.17, 15) is 4.39 Å². The smallest absolute Gasteiger partial charge is 0.142 e. The lowest BCUT2D eigenvalue weighted by atomic mass is 10.1. The second-order valence-electron chi connectivity index (χ2n) is 4.46. The van der Waals surface area contributed by atoms with Crippen molar-refractivity contribution in [1.82, 2.24) is 14.9 Å². The maximum Gasteiger partial charge on any atom is 0.142 e. The van der Waals surface area contributed by atoms with E-state index in [1.54, 1.807) is 12.3 Å². The van der Waals surface area contributed by atoms with Gasteiger partial charge in [-0.15, -0.1) is 0 Å². The Hall–Kier alpha value is -1.39. The second kappa shape index (κ2) is 6.17. The number of benzene rings is 1. The highest BCUT2D eigenvalue weighted by atomic mass is 35.5. The first kappa shape index (κ1) is 14.0. The minimum Gasteiger partial charge on any atom is -0.337 e. The van der Waals surface area contributed by atoms with Crippen LogP contribution in [-0.2, 0) is 13.5 Å². The normalized spacial score (nSPS) is 12.6. The molecule has 0 fully saturated rings. The third kappa shape index (κ3) is 3.33. The quantitative estimate of drug-likeness (QED) is 0.913. The number of aromatic nitrogens is 2. The predicted molar refractivity (Wildman–Crippen MR) is 74.7 cm³/mol.